The normalized spacial score (nSPS) is 18.7. The third kappa shape index (κ3) is 6.41. The van der Waals surface area contributed by atoms with Crippen molar-refractivity contribution in [2.75, 3.05) is 62.2 Å². The zero-order valence-corrected chi connectivity index (χ0v) is 24.8. The molecular weight excluding hydrogens is 568 g/mol. The Balaban J connectivity index is 1.48. The van der Waals surface area contributed by atoms with Gasteiger partial charge in [-0.2, -0.15) is 10.5 Å². The van der Waals surface area contributed by atoms with Crippen molar-refractivity contribution in [3.8, 4) is 23.8 Å². The molecule has 0 saturated carbocycles. The number of carbonyl (C=O) groups is 1. The zero-order chi connectivity index (χ0) is 31.2. The fourth-order valence-corrected chi connectivity index (χ4v) is 6.50. The van der Waals surface area contributed by atoms with Gasteiger partial charge < -0.3 is 29.4 Å². The number of ether oxygens (including phenoxy) is 1. The molecule has 1 N–H and O–H groups in total. The third-order valence-corrected chi connectivity index (χ3v) is 8.66. The lowest BCUT2D eigenvalue weighted by Crippen LogP contribution is -2.55. The van der Waals surface area contributed by atoms with E-state index < -0.39 is 17.7 Å². The molecule has 44 heavy (non-hydrogen) atoms. The number of nitrogens with zero attached hydrogens (tertiary/aromatic N) is 7. The number of phenols is 1. The Morgan fingerprint density at radius 3 is 2.64 bits per heavy atom. The van der Waals surface area contributed by atoms with E-state index in [0.29, 0.717) is 44.0 Å². The van der Waals surface area contributed by atoms with Gasteiger partial charge >= 0.3 is 0 Å². The van der Waals surface area contributed by atoms with Crippen LogP contribution in [0.2, 0.25) is 0 Å². The SMILES string of the molecule is C=CC(=O)N1CCN(c2c(C#N)c(OCCCN3CCCCC3)nc3c2CCN(c2c(O)ccc(F)c2F)C3)C[C@@H]1CC#N. The minimum absolute atomic E-state index is 0.0582. The van der Waals surface area contributed by atoms with Crippen LogP contribution in [0.3, 0.4) is 0 Å². The van der Waals surface area contributed by atoms with E-state index in [1.54, 1.807) is 4.90 Å². The van der Waals surface area contributed by atoms with Crippen LogP contribution in [0.4, 0.5) is 20.2 Å². The summed E-state index contributed by atoms with van der Waals surface area (Å²) in [6.45, 7) is 8.29. The number of hydrogen-bond acceptors (Lipinski definition) is 9. The van der Waals surface area contributed by atoms with Gasteiger partial charge in [-0.05, 0) is 57.0 Å². The van der Waals surface area contributed by atoms with E-state index in [9.17, 15) is 29.2 Å². The van der Waals surface area contributed by atoms with Crippen molar-refractivity contribution in [3.63, 3.8) is 0 Å². The van der Waals surface area contributed by atoms with Gasteiger partial charge in [-0.15, -0.1) is 0 Å². The molecule has 0 spiro atoms. The maximum atomic E-state index is 14.9. The fraction of sp³-hybridized carbons (Fsp3) is 0.500. The third-order valence-electron chi connectivity index (χ3n) is 8.66. The Hall–Kier alpha value is -4.42. The summed E-state index contributed by atoms with van der Waals surface area (Å²) in [7, 11) is 0. The van der Waals surface area contributed by atoms with Crippen LogP contribution in [-0.4, -0.2) is 84.3 Å². The van der Waals surface area contributed by atoms with Crippen LogP contribution in [0.1, 0.15) is 48.9 Å². The summed E-state index contributed by atoms with van der Waals surface area (Å²) in [5.74, 6) is -2.68. The van der Waals surface area contributed by atoms with Gasteiger partial charge in [0.2, 0.25) is 11.8 Å². The molecule has 1 atom stereocenters. The number of carbonyl (C=O) groups excluding carboxylic acids is 1. The number of phenolic OH excluding ortho intramolecular Hbond substituents is 1. The Bertz CT molecular complexity index is 1480. The van der Waals surface area contributed by atoms with E-state index in [4.69, 9.17) is 9.72 Å². The first-order valence-corrected chi connectivity index (χ1v) is 15.1. The molecular formula is C32H37F2N7O3. The van der Waals surface area contributed by atoms with Crippen molar-refractivity contribution in [3.05, 3.63) is 53.2 Å². The lowest BCUT2D eigenvalue weighted by molar-refractivity contribution is -0.128. The molecule has 10 nitrogen and oxygen atoms in total. The number of rotatable bonds is 9. The van der Waals surface area contributed by atoms with E-state index in [1.807, 2.05) is 4.90 Å². The Labute approximate surface area is 256 Å². The summed E-state index contributed by atoms with van der Waals surface area (Å²) < 4.78 is 35.2. The molecule has 0 bridgehead atoms. The maximum absolute atomic E-state index is 14.9. The van der Waals surface area contributed by atoms with Crippen LogP contribution >= 0.6 is 0 Å². The van der Waals surface area contributed by atoms with Crippen molar-refractivity contribution in [2.24, 2.45) is 0 Å². The Kier molecular flexibility index (Phi) is 9.81. The second-order valence-corrected chi connectivity index (χ2v) is 11.4. The lowest BCUT2D eigenvalue weighted by Gasteiger charge is -2.43. The van der Waals surface area contributed by atoms with Crippen molar-refractivity contribution in [1.29, 1.82) is 10.5 Å². The number of piperidine rings is 1. The van der Waals surface area contributed by atoms with Gasteiger partial charge in [0.25, 0.3) is 0 Å². The number of nitriles is 2. The minimum atomic E-state index is -1.14. The molecule has 3 aliphatic heterocycles. The number of halogens is 2. The first-order valence-electron chi connectivity index (χ1n) is 15.1. The Morgan fingerprint density at radius 2 is 1.91 bits per heavy atom. The largest absolute Gasteiger partial charge is 0.506 e. The molecule has 2 saturated heterocycles. The van der Waals surface area contributed by atoms with Crippen LogP contribution in [-0.2, 0) is 17.8 Å². The summed E-state index contributed by atoms with van der Waals surface area (Å²) in [6.07, 6.45) is 6.06. The Morgan fingerprint density at radius 1 is 1.11 bits per heavy atom. The smallest absolute Gasteiger partial charge is 0.246 e. The highest BCUT2D eigenvalue weighted by Crippen LogP contribution is 2.40. The number of anilines is 2. The van der Waals surface area contributed by atoms with E-state index in [1.165, 1.54) is 30.2 Å². The van der Waals surface area contributed by atoms with Gasteiger partial charge in [-0.1, -0.05) is 13.0 Å². The summed E-state index contributed by atoms with van der Waals surface area (Å²) in [6, 6.07) is 6.05. The second kappa shape index (κ2) is 13.9. The van der Waals surface area contributed by atoms with Crippen molar-refractivity contribution in [2.45, 2.75) is 51.1 Å². The van der Waals surface area contributed by atoms with Crippen LogP contribution in [0.5, 0.6) is 11.6 Å². The number of benzene rings is 1. The molecule has 5 rings (SSSR count). The molecule has 2 fully saturated rings. The number of piperazine rings is 1. The molecule has 1 amide bonds. The highest BCUT2D eigenvalue weighted by atomic mass is 19.2. The van der Waals surface area contributed by atoms with Crippen LogP contribution in [0, 0.1) is 34.3 Å². The molecule has 12 heteroatoms. The lowest BCUT2D eigenvalue weighted by atomic mass is 9.96. The van der Waals surface area contributed by atoms with Gasteiger partial charge in [0, 0.05) is 38.3 Å². The van der Waals surface area contributed by atoms with Crippen molar-refractivity contribution >= 4 is 17.3 Å². The van der Waals surface area contributed by atoms with Crippen molar-refractivity contribution in [1.82, 2.24) is 14.8 Å². The maximum Gasteiger partial charge on any atom is 0.246 e. The highest BCUT2D eigenvalue weighted by Gasteiger charge is 2.35. The predicted octanol–water partition coefficient (Wildman–Crippen LogP) is 3.87. The van der Waals surface area contributed by atoms with Gasteiger partial charge in [0.05, 0.1) is 43.1 Å². The molecule has 0 radical (unpaired) electrons. The summed E-state index contributed by atoms with van der Waals surface area (Å²) in [4.78, 5) is 24.8. The first-order chi connectivity index (χ1) is 21.4. The van der Waals surface area contributed by atoms with E-state index in [0.717, 1.165) is 43.8 Å². The molecule has 4 heterocycles. The van der Waals surface area contributed by atoms with Crippen LogP contribution in [0.15, 0.2) is 24.8 Å². The van der Waals surface area contributed by atoms with Gasteiger partial charge in [-0.25, -0.2) is 13.8 Å². The molecule has 232 valence electrons. The number of hydrogen-bond donors (Lipinski definition) is 1. The van der Waals surface area contributed by atoms with Gasteiger partial charge in [0.1, 0.15) is 23.1 Å². The zero-order valence-electron chi connectivity index (χ0n) is 24.8. The number of pyridine rings is 1. The molecule has 0 unspecified atom stereocenters. The van der Waals surface area contributed by atoms with Crippen LogP contribution in [0.25, 0.3) is 0 Å². The standard InChI is InChI=1S/C32H37F2N7O3/c1-2-28(43)41-17-16-40(20-22(41)9-11-35)30-23-10-15-39(31-27(42)8-7-25(33)29(31)34)21-26(23)37-32(24(30)19-36)44-18-6-14-38-12-4-3-5-13-38/h2,7-8,22,42H,1,3-6,9-10,12-18,20-21H2/t22-/m0/s1. The van der Waals surface area contributed by atoms with Gasteiger partial charge in [0.15, 0.2) is 11.6 Å². The number of aromatic nitrogens is 1. The van der Waals surface area contributed by atoms with E-state index in [-0.39, 0.29) is 48.3 Å². The summed E-state index contributed by atoms with van der Waals surface area (Å²) in [5.41, 5.74) is 1.96. The van der Waals surface area contributed by atoms with E-state index in [2.05, 4.69) is 23.6 Å². The predicted molar refractivity (Wildman–Crippen MR) is 160 cm³/mol. The minimum Gasteiger partial charge on any atom is -0.506 e. The number of likely N-dealkylation sites (tertiary alicyclic amines) is 1. The fourth-order valence-electron chi connectivity index (χ4n) is 6.50. The summed E-state index contributed by atoms with van der Waals surface area (Å²) >= 11 is 0. The molecule has 2 aromatic rings. The van der Waals surface area contributed by atoms with E-state index >= 15 is 0 Å². The van der Waals surface area contributed by atoms with Crippen molar-refractivity contribution < 1.29 is 23.4 Å². The second-order valence-electron chi connectivity index (χ2n) is 11.4. The van der Waals surface area contributed by atoms with Crippen LogP contribution < -0.4 is 14.5 Å². The topological polar surface area (TPSA) is 120 Å². The van der Waals surface area contributed by atoms with Gasteiger partial charge in [-0.3, -0.25) is 4.79 Å². The number of aromatic hydroxyl groups is 1. The first kappa shape index (κ1) is 31.0. The number of fused-ring (bicyclic) bond motifs is 1. The molecule has 3 aliphatic rings. The summed E-state index contributed by atoms with van der Waals surface area (Å²) in [5, 5.41) is 30.3. The number of amides is 1. The monoisotopic (exact) mass is 605 g/mol. The average Bonchev–Trinajstić information content (AvgIpc) is 3.04. The molecule has 1 aromatic heterocycles. The average molecular weight is 606 g/mol. The molecule has 1 aromatic carbocycles. The quantitative estimate of drug-likeness (QED) is 0.336. The highest BCUT2D eigenvalue weighted by molar-refractivity contribution is 5.87. The molecule has 0 aliphatic carbocycles.